The van der Waals surface area contributed by atoms with Crippen LogP contribution in [0.2, 0.25) is 0 Å². The Hall–Kier alpha value is -2.73. The van der Waals surface area contributed by atoms with Gasteiger partial charge in [0.05, 0.1) is 12.7 Å². The molecular formula is C11H11F6N3O4. The van der Waals surface area contributed by atoms with Gasteiger partial charge in [-0.15, -0.1) is 13.2 Å². The number of carbonyl (C=O) groups is 1. The molecule has 0 saturated carbocycles. The van der Waals surface area contributed by atoms with Crippen LogP contribution in [0.3, 0.4) is 0 Å². The third-order valence-electron chi connectivity index (χ3n) is 1.98. The number of hydrogen-bond donors (Lipinski definition) is 2. The Bertz CT molecular complexity index is 701. The van der Waals surface area contributed by atoms with Crippen LogP contribution in [0.5, 0.6) is 0 Å². The molecule has 0 spiro atoms. The third-order valence-corrected chi connectivity index (χ3v) is 1.98. The van der Waals surface area contributed by atoms with Crippen LogP contribution in [-0.2, 0) is 15.8 Å². The number of esters is 1. The average Bonchev–Trinajstić information content (AvgIpc) is 2.36. The quantitative estimate of drug-likeness (QED) is 0.463. The summed E-state index contributed by atoms with van der Waals surface area (Å²) in [5.41, 5.74) is 0.708. The molecular weight excluding hydrogens is 352 g/mol. The van der Waals surface area contributed by atoms with E-state index in [9.17, 15) is 40.7 Å². The summed E-state index contributed by atoms with van der Waals surface area (Å²) >= 11 is 0. The van der Waals surface area contributed by atoms with E-state index in [1.54, 1.807) is 0 Å². The zero-order valence-corrected chi connectivity index (χ0v) is 11.9. The van der Waals surface area contributed by atoms with Crippen LogP contribution in [0.1, 0.15) is 6.92 Å². The van der Waals surface area contributed by atoms with Gasteiger partial charge in [-0.25, -0.2) is 14.2 Å². The highest BCUT2D eigenvalue weighted by atomic mass is 19.4. The van der Waals surface area contributed by atoms with Gasteiger partial charge in [-0.3, -0.25) is 9.78 Å². The second-order valence-electron chi connectivity index (χ2n) is 3.80. The molecule has 0 saturated heterocycles. The number of aromatic nitrogens is 2. The van der Waals surface area contributed by atoms with Gasteiger partial charge in [0, 0.05) is 12.3 Å². The third kappa shape index (κ3) is 7.51. The number of allylic oxidation sites excluding steroid dienone is 1. The van der Waals surface area contributed by atoms with Crippen molar-refractivity contribution in [1.29, 1.82) is 0 Å². The van der Waals surface area contributed by atoms with Gasteiger partial charge in [0.25, 0.3) is 5.56 Å². The summed E-state index contributed by atoms with van der Waals surface area (Å²) in [6, 6.07) is 0.620. The average molecular weight is 363 g/mol. The lowest BCUT2D eigenvalue weighted by atomic mass is 10.4. The topological polar surface area (TPSA) is 107 Å². The molecule has 1 heterocycles. The van der Waals surface area contributed by atoms with Crippen molar-refractivity contribution in [3.05, 3.63) is 44.9 Å². The van der Waals surface area contributed by atoms with Gasteiger partial charge < -0.3 is 10.5 Å². The van der Waals surface area contributed by atoms with Crippen molar-refractivity contribution >= 4 is 5.97 Å². The largest absolute Gasteiger partial charge is 0.492 e. The minimum atomic E-state index is -4.79. The number of carbonyl (C=O) groups excluding carboxylic acids is 1. The Balaban J connectivity index is 0.000000441. The molecule has 1 aromatic heterocycles. The molecule has 3 N–H and O–H groups in total. The summed E-state index contributed by atoms with van der Waals surface area (Å²) in [7, 11) is 0. The summed E-state index contributed by atoms with van der Waals surface area (Å²) in [5, 5.41) is 0. The molecule has 7 nitrogen and oxygen atoms in total. The monoisotopic (exact) mass is 363 g/mol. The summed E-state index contributed by atoms with van der Waals surface area (Å²) in [5.74, 6) is -1.09. The van der Waals surface area contributed by atoms with Crippen LogP contribution in [0.25, 0.3) is 0 Å². The molecule has 0 aliphatic rings. The van der Waals surface area contributed by atoms with Crippen LogP contribution in [-0.4, -0.2) is 28.3 Å². The van der Waals surface area contributed by atoms with Crippen LogP contribution >= 0.6 is 0 Å². The van der Waals surface area contributed by atoms with Gasteiger partial charge in [0.1, 0.15) is 5.70 Å². The molecule has 0 bridgehead atoms. The summed E-state index contributed by atoms with van der Waals surface area (Å²) in [6.45, 7) is 1.50. The van der Waals surface area contributed by atoms with Gasteiger partial charge in [-0.1, -0.05) is 0 Å². The number of H-pyrrole nitrogens is 1. The zero-order chi connectivity index (χ0) is 19.1. The fraction of sp³-hybridized carbons (Fsp3) is 0.364. The first-order chi connectivity index (χ1) is 10.8. The van der Waals surface area contributed by atoms with E-state index in [-0.39, 0.29) is 12.7 Å². The van der Waals surface area contributed by atoms with E-state index < -0.39 is 40.0 Å². The highest BCUT2D eigenvalue weighted by Gasteiger charge is 2.32. The normalized spacial score (nSPS) is 12.2. The highest BCUT2D eigenvalue weighted by Crippen LogP contribution is 2.21. The Morgan fingerprint density at radius 2 is 1.83 bits per heavy atom. The number of halogens is 6. The number of hydrogen-bond acceptors (Lipinski definition) is 5. The molecule has 1 rings (SSSR count). The fourth-order valence-corrected chi connectivity index (χ4v) is 1.01. The molecule has 0 fully saturated rings. The van der Waals surface area contributed by atoms with Gasteiger partial charge >= 0.3 is 24.1 Å². The number of nitrogens with two attached hydrogens (primary N) is 1. The second-order valence-corrected chi connectivity index (χ2v) is 3.80. The van der Waals surface area contributed by atoms with Gasteiger partial charge in [-0.2, -0.15) is 13.2 Å². The summed E-state index contributed by atoms with van der Waals surface area (Å²) in [4.78, 5) is 32.7. The Kier molecular flexibility index (Phi) is 7.28. The summed E-state index contributed by atoms with van der Waals surface area (Å²) in [6.07, 6.45) is -8.88. The molecule has 13 heteroatoms. The number of rotatable bonds is 2. The van der Waals surface area contributed by atoms with Crippen LogP contribution in [0.15, 0.2) is 33.6 Å². The number of nitrogens with zero attached hydrogens (tertiary/aromatic N) is 1. The number of alkyl halides is 6. The Morgan fingerprint density at radius 1 is 1.29 bits per heavy atom. The van der Waals surface area contributed by atoms with E-state index >= 15 is 0 Å². The number of ether oxygens (including phenoxy) is 1. The Morgan fingerprint density at radius 3 is 2.21 bits per heavy atom. The molecule has 1 aromatic rings. The van der Waals surface area contributed by atoms with Gasteiger partial charge in [0.2, 0.25) is 0 Å². The van der Waals surface area contributed by atoms with Crippen molar-refractivity contribution in [2.75, 3.05) is 6.61 Å². The van der Waals surface area contributed by atoms with Crippen LogP contribution < -0.4 is 17.0 Å². The SMILES string of the molecule is CCOC(=O)/C=C(\N)C(F)(F)F.O=c1ccn(C(F)(F)F)c(=O)[nH]1. The molecule has 0 aromatic carbocycles. The second kappa shape index (κ2) is 8.21. The predicted octanol–water partition coefficient (Wildman–Crippen LogP) is 0.967. The van der Waals surface area contributed by atoms with Crippen molar-refractivity contribution in [1.82, 2.24) is 9.55 Å². The maximum absolute atomic E-state index is 11.8. The number of aromatic amines is 1. The Labute approximate surface area is 129 Å². The molecule has 0 aliphatic carbocycles. The lowest BCUT2D eigenvalue weighted by Crippen LogP contribution is -2.35. The molecule has 0 unspecified atom stereocenters. The minimum Gasteiger partial charge on any atom is -0.463 e. The maximum atomic E-state index is 11.8. The lowest BCUT2D eigenvalue weighted by Gasteiger charge is -2.06. The van der Waals surface area contributed by atoms with Gasteiger partial charge in [0.15, 0.2) is 0 Å². The van der Waals surface area contributed by atoms with E-state index in [0.29, 0.717) is 12.3 Å². The van der Waals surface area contributed by atoms with E-state index in [4.69, 9.17) is 0 Å². The molecule has 0 radical (unpaired) electrons. The van der Waals surface area contributed by atoms with Crippen molar-refractivity contribution in [2.24, 2.45) is 5.73 Å². The van der Waals surface area contributed by atoms with E-state index in [0.717, 1.165) is 0 Å². The van der Waals surface area contributed by atoms with E-state index in [1.165, 1.54) is 11.9 Å². The molecule has 0 atom stereocenters. The molecule has 24 heavy (non-hydrogen) atoms. The predicted molar refractivity (Wildman–Crippen MR) is 67.6 cm³/mol. The van der Waals surface area contributed by atoms with E-state index in [2.05, 4.69) is 10.5 Å². The van der Waals surface area contributed by atoms with Crippen molar-refractivity contribution < 1.29 is 35.9 Å². The van der Waals surface area contributed by atoms with Crippen LogP contribution in [0.4, 0.5) is 26.3 Å². The first kappa shape index (κ1) is 21.3. The van der Waals surface area contributed by atoms with Crippen molar-refractivity contribution in [3.63, 3.8) is 0 Å². The van der Waals surface area contributed by atoms with Crippen molar-refractivity contribution in [2.45, 2.75) is 19.4 Å². The first-order valence-electron chi connectivity index (χ1n) is 5.89. The van der Waals surface area contributed by atoms with Gasteiger partial charge in [-0.05, 0) is 6.92 Å². The highest BCUT2D eigenvalue weighted by molar-refractivity contribution is 5.82. The smallest absolute Gasteiger partial charge is 0.463 e. The molecule has 136 valence electrons. The lowest BCUT2D eigenvalue weighted by molar-refractivity contribution is -0.207. The maximum Gasteiger partial charge on any atom is 0.492 e. The van der Waals surface area contributed by atoms with E-state index in [1.807, 2.05) is 0 Å². The molecule has 0 aliphatic heterocycles. The van der Waals surface area contributed by atoms with Crippen LogP contribution in [0, 0.1) is 0 Å². The van der Waals surface area contributed by atoms with Crippen molar-refractivity contribution in [3.8, 4) is 0 Å². The first-order valence-corrected chi connectivity index (χ1v) is 5.89. The molecule has 0 amide bonds. The minimum absolute atomic E-state index is 0.0144. The summed E-state index contributed by atoms with van der Waals surface area (Å²) < 4.78 is 74.1. The zero-order valence-electron chi connectivity index (χ0n) is 11.9. The fourth-order valence-electron chi connectivity index (χ4n) is 1.01. The standard InChI is InChI=1S/C6H8F3NO2.C5H3F3N2O2/c1-2-12-5(11)3-4(10)6(7,8)9;6-5(7,8)10-2-1-3(11)9-4(10)12/h3H,2,10H2,1H3;1-2H,(H,9,11,12)/b4-3-;. The number of nitrogens with one attached hydrogen (secondary N) is 1.